The molecule has 1 fully saturated rings. The number of ether oxygens (including phenoxy) is 1. The highest BCUT2D eigenvalue weighted by Gasteiger charge is 2.57. The van der Waals surface area contributed by atoms with Crippen molar-refractivity contribution in [3.05, 3.63) is 21.9 Å². The average molecular weight is 261 g/mol. The van der Waals surface area contributed by atoms with Crippen LogP contribution in [0, 0.1) is 0 Å². The Balaban J connectivity index is 2.22. The lowest BCUT2D eigenvalue weighted by molar-refractivity contribution is -0.122. The molecular weight excluding hydrogens is 248 g/mol. The zero-order chi connectivity index (χ0) is 12.7. The van der Waals surface area contributed by atoms with E-state index in [1.807, 2.05) is 0 Å². The first-order valence-corrected chi connectivity index (χ1v) is 6.06. The Kier molecular flexibility index (Phi) is 2.95. The van der Waals surface area contributed by atoms with Crippen LogP contribution < -0.4 is 5.73 Å². The van der Waals surface area contributed by atoms with Gasteiger partial charge in [0.05, 0.1) is 12.7 Å². The number of hydrogen-bond donors (Lipinski definition) is 1. The first kappa shape index (κ1) is 12.4. The van der Waals surface area contributed by atoms with E-state index in [1.165, 1.54) is 18.4 Å². The van der Waals surface area contributed by atoms with Gasteiger partial charge in [-0.15, -0.1) is 11.3 Å². The summed E-state index contributed by atoms with van der Waals surface area (Å²) in [6.45, 7) is 0.170. The van der Waals surface area contributed by atoms with Crippen molar-refractivity contribution >= 4 is 17.3 Å². The third-order valence-corrected chi connectivity index (χ3v) is 4.30. The first-order chi connectivity index (χ1) is 7.92. The molecule has 1 aliphatic carbocycles. The molecule has 94 valence electrons. The van der Waals surface area contributed by atoms with Crippen LogP contribution in [0.3, 0.4) is 0 Å². The number of esters is 1. The number of carbonyl (C=O) groups excluding carboxylic acids is 1. The van der Waals surface area contributed by atoms with Crippen LogP contribution in [0.2, 0.25) is 0 Å². The van der Waals surface area contributed by atoms with E-state index < -0.39 is 17.3 Å². The maximum atomic E-state index is 13.0. The van der Waals surface area contributed by atoms with E-state index in [2.05, 4.69) is 4.74 Å². The molecule has 6 heteroatoms. The second kappa shape index (κ2) is 4.03. The van der Waals surface area contributed by atoms with Crippen molar-refractivity contribution in [1.82, 2.24) is 0 Å². The van der Waals surface area contributed by atoms with Crippen LogP contribution in [-0.2, 0) is 10.2 Å². The highest BCUT2D eigenvalue weighted by Crippen LogP contribution is 2.54. The summed E-state index contributed by atoms with van der Waals surface area (Å²) in [6.07, 6.45) is -0.477. The number of thiophene rings is 1. The molecule has 0 atom stereocenters. The van der Waals surface area contributed by atoms with Crippen LogP contribution in [0.15, 0.2) is 11.4 Å². The molecule has 1 heterocycles. The zero-order valence-corrected chi connectivity index (χ0v) is 10.2. The van der Waals surface area contributed by atoms with Gasteiger partial charge in [0.25, 0.3) is 0 Å². The van der Waals surface area contributed by atoms with Crippen molar-refractivity contribution in [2.75, 3.05) is 13.7 Å². The molecule has 17 heavy (non-hydrogen) atoms. The van der Waals surface area contributed by atoms with Gasteiger partial charge in [0, 0.05) is 35.1 Å². The zero-order valence-electron chi connectivity index (χ0n) is 9.33. The van der Waals surface area contributed by atoms with Crippen molar-refractivity contribution < 1.29 is 18.3 Å². The third kappa shape index (κ3) is 2.07. The van der Waals surface area contributed by atoms with Gasteiger partial charge in [0.1, 0.15) is 0 Å². The Labute approximate surface area is 102 Å². The molecule has 0 radical (unpaired) electrons. The maximum Gasteiger partial charge on any atom is 0.338 e. The fourth-order valence-corrected chi connectivity index (χ4v) is 3.29. The maximum absolute atomic E-state index is 13.0. The lowest BCUT2D eigenvalue weighted by Crippen LogP contribution is -2.53. The minimum Gasteiger partial charge on any atom is -0.465 e. The molecule has 0 amide bonds. The molecule has 3 nitrogen and oxygen atoms in total. The summed E-state index contributed by atoms with van der Waals surface area (Å²) in [4.78, 5) is 12.0. The van der Waals surface area contributed by atoms with Gasteiger partial charge in [0.15, 0.2) is 0 Å². The van der Waals surface area contributed by atoms with Gasteiger partial charge in [-0.3, -0.25) is 0 Å². The smallest absolute Gasteiger partial charge is 0.338 e. The Hall–Kier alpha value is -1.01. The van der Waals surface area contributed by atoms with Crippen molar-refractivity contribution in [2.45, 2.75) is 24.2 Å². The Bertz CT molecular complexity index is 436. The number of rotatable bonds is 3. The number of carbonyl (C=O) groups is 1. The molecule has 1 aromatic heterocycles. The van der Waals surface area contributed by atoms with Crippen molar-refractivity contribution in [1.29, 1.82) is 0 Å². The molecule has 1 aliphatic rings. The van der Waals surface area contributed by atoms with E-state index in [4.69, 9.17) is 5.73 Å². The summed E-state index contributed by atoms with van der Waals surface area (Å²) in [5, 5.41) is 1.62. The van der Waals surface area contributed by atoms with Crippen molar-refractivity contribution in [2.24, 2.45) is 5.73 Å². The predicted molar refractivity (Wildman–Crippen MR) is 60.6 cm³/mol. The molecule has 0 saturated heterocycles. The third-order valence-electron chi connectivity index (χ3n) is 3.13. The number of hydrogen-bond acceptors (Lipinski definition) is 4. The number of alkyl halides is 2. The summed E-state index contributed by atoms with van der Waals surface area (Å²) in [5.41, 5.74) is 5.33. The van der Waals surface area contributed by atoms with Gasteiger partial charge < -0.3 is 10.5 Å². The molecule has 0 unspecified atom stereocenters. The fraction of sp³-hybridized carbons (Fsp3) is 0.545. The largest absolute Gasteiger partial charge is 0.465 e. The van der Waals surface area contributed by atoms with Gasteiger partial charge >= 0.3 is 5.97 Å². The SMILES string of the molecule is COC(=O)c1csc(C2(CN)CC(F)(F)C2)c1. The van der Waals surface area contributed by atoms with Gasteiger partial charge in [-0.05, 0) is 6.07 Å². The second-order valence-corrected chi connectivity index (χ2v) is 5.30. The molecule has 1 saturated carbocycles. The van der Waals surface area contributed by atoms with Gasteiger partial charge in [0.2, 0.25) is 5.92 Å². The summed E-state index contributed by atoms with van der Waals surface area (Å²) in [7, 11) is 1.29. The fourth-order valence-electron chi connectivity index (χ4n) is 2.20. The normalized spacial score (nSPS) is 20.7. The number of methoxy groups -OCH3 is 1. The van der Waals surface area contributed by atoms with Crippen LogP contribution in [0.5, 0.6) is 0 Å². The summed E-state index contributed by atoms with van der Waals surface area (Å²) in [6, 6.07) is 1.61. The highest BCUT2D eigenvalue weighted by molar-refractivity contribution is 7.10. The quantitative estimate of drug-likeness (QED) is 0.848. The molecular formula is C11H13F2NO2S. The highest BCUT2D eigenvalue weighted by atomic mass is 32.1. The molecule has 2 rings (SSSR count). The minimum atomic E-state index is -2.63. The van der Waals surface area contributed by atoms with Crippen LogP contribution in [0.25, 0.3) is 0 Å². The molecule has 0 bridgehead atoms. The van der Waals surface area contributed by atoms with Gasteiger partial charge in [-0.2, -0.15) is 0 Å². The summed E-state index contributed by atoms with van der Waals surface area (Å²) >= 11 is 1.29. The molecule has 0 aliphatic heterocycles. The van der Waals surface area contributed by atoms with Crippen LogP contribution in [-0.4, -0.2) is 25.5 Å². The van der Waals surface area contributed by atoms with E-state index in [-0.39, 0.29) is 19.4 Å². The van der Waals surface area contributed by atoms with E-state index in [0.717, 1.165) is 4.88 Å². The second-order valence-electron chi connectivity index (χ2n) is 4.39. The van der Waals surface area contributed by atoms with Crippen molar-refractivity contribution in [3.8, 4) is 0 Å². The van der Waals surface area contributed by atoms with Crippen molar-refractivity contribution in [3.63, 3.8) is 0 Å². The number of halogens is 2. The van der Waals surface area contributed by atoms with E-state index in [9.17, 15) is 13.6 Å². The van der Waals surface area contributed by atoms with Gasteiger partial charge in [-0.1, -0.05) is 0 Å². The summed E-state index contributed by atoms with van der Waals surface area (Å²) < 4.78 is 30.6. The van der Waals surface area contributed by atoms with E-state index in [1.54, 1.807) is 11.4 Å². The Morgan fingerprint density at radius 3 is 2.71 bits per heavy atom. The standard InChI is InChI=1S/C11H13F2NO2S/c1-16-9(15)7-2-8(17-3-7)10(6-14)4-11(12,13)5-10/h2-3H,4-6,14H2,1H3. The Morgan fingerprint density at radius 2 is 2.24 bits per heavy atom. The molecule has 2 N–H and O–H groups in total. The molecule has 1 aromatic rings. The lowest BCUT2D eigenvalue weighted by Gasteiger charge is -2.46. The minimum absolute atomic E-state index is 0.170. The topological polar surface area (TPSA) is 52.3 Å². The van der Waals surface area contributed by atoms with Crippen LogP contribution in [0.1, 0.15) is 28.1 Å². The van der Waals surface area contributed by atoms with Crippen LogP contribution in [0.4, 0.5) is 8.78 Å². The monoisotopic (exact) mass is 261 g/mol. The summed E-state index contributed by atoms with van der Waals surface area (Å²) in [5.74, 6) is -3.08. The first-order valence-electron chi connectivity index (χ1n) is 5.18. The predicted octanol–water partition coefficient (Wildman–Crippen LogP) is 2.16. The van der Waals surface area contributed by atoms with Gasteiger partial charge in [-0.25, -0.2) is 13.6 Å². The molecule has 0 aromatic carbocycles. The number of nitrogens with two attached hydrogens (primary N) is 1. The average Bonchev–Trinajstić information content (AvgIpc) is 2.73. The van der Waals surface area contributed by atoms with E-state index >= 15 is 0 Å². The lowest BCUT2D eigenvalue weighted by atomic mass is 9.65. The van der Waals surface area contributed by atoms with E-state index in [0.29, 0.717) is 5.56 Å². The molecule has 0 spiro atoms. The Morgan fingerprint density at radius 1 is 1.59 bits per heavy atom. The van der Waals surface area contributed by atoms with Crippen LogP contribution >= 0.6 is 11.3 Å².